The maximum Gasteiger partial charge on any atom is 0.335 e. The van der Waals surface area contributed by atoms with Crippen molar-refractivity contribution in [2.75, 3.05) is 0 Å². The second kappa shape index (κ2) is 6.54. The SMILES string of the molecule is O=C(O)c1ccc(C(=O)O)c(CCc2ccc(Br)cc2)c1. The Bertz CT molecular complexity index is 677. The molecular formula is C16H13BrO4. The maximum atomic E-state index is 11.2. The molecule has 4 nitrogen and oxygen atoms in total. The minimum absolute atomic E-state index is 0.103. The molecule has 0 saturated heterocycles. The third kappa shape index (κ3) is 3.92. The lowest BCUT2D eigenvalue weighted by Crippen LogP contribution is -2.07. The van der Waals surface area contributed by atoms with Gasteiger partial charge in [-0.05, 0) is 54.3 Å². The summed E-state index contributed by atoms with van der Waals surface area (Å²) >= 11 is 3.35. The number of rotatable bonds is 5. The number of aryl methyl sites for hydroxylation is 2. The summed E-state index contributed by atoms with van der Waals surface area (Å²) in [5, 5.41) is 18.2. The fourth-order valence-corrected chi connectivity index (χ4v) is 2.34. The monoisotopic (exact) mass is 348 g/mol. The Morgan fingerprint density at radius 3 is 2.14 bits per heavy atom. The first-order chi connectivity index (χ1) is 9.97. The van der Waals surface area contributed by atoms with Crippen molar-refractivity contribution in [3.8, 4) is 0 Å². The van der Waals surface area contributed by atoms with Crippen molar-refractivity contribution in [3.63, 3.8) is 0 Å². The van der Waals surface area contributed by atoms with E-state index in [4.69, 9.17) is 5.11 Å². The van der Waals surface area contributed by atoms with E-state index >= 15 is 0 Å². The molecular weight excluding hydrogens is 336 g/mol. The average Bonchev–Trinajstić information content (AvgIpc) is 2.46. The molecule has 2 aromatic carbocycles. The van der Waals surface area contributed by atoms with Crippen LogP contribution in [0.1, 0.15) is 31.8 Å². The number of halogens is 1. The maximum absolute atomic E-state index is 11.2. The third-order valence-corrected chi connectivity index (χ3v) is 3.71. The number of benzene rings is 2. The van der Waals surface area contributed by atoms with E-state index in [2.05, 4.69) is 15.9 Å². The van der Waals surface area contributed by atoms with E-state index in [1.54, 1.807) is 0 Å². The zero-order valence-corrected chi connectivity index (χ0v) is 12.6. The molecule has 0 heterocycles. The van der Waals surface area contributed by atoms with Gasteiger partial charge in [0.2, 0.25) is 0 Å². The van der Waals surface area contributed by atoms with Gasteiger partial charge in [0, 0.05) is 4.47 Å². The van der Waals surface area contributed by atoms with Gasteiger partial charge < -0.3 is 10.2 Å². The first-order valence-electron chi connectivity index (χ1n) is 6.31. The lowest BCUT2D eigenvalue weighted by Gasteiger charge is -2.08. The molecule has 0 saturated carbocycles. The molecule has 0 unspecified atom stereocenters. The van der Waals surface area contributed by atoms with E-state index < -0.39 is 11.9 Å². The summed E-state index contributed by atoms with van der Waals surface area (Å²) in [6.45, 7) is 0. The van der Waals surface area contributed by atoms with Gasteiger partial charge in [0.1, 0.15) is 0 Å². The minimum atomic E-state index is -1.06. The Balaban J connectivity index is 2.24. The predicted octanol–water partition coefficient (Wildman–Crippen LogP) is 3.63. The molecule has 0 amide bonds. The number of carboxylic acids is 2. The molecule has 108 valence electrons. The van der Waals surface area contributed by atoms with Crippen molar-refractivity contribution < 1.29 is 19.8 Å². The van der Waals surface area contributed by atoms with Gasteiger partial charge >= 0.3 is 11.9 Å². The van der Waals surface area contributed by atoms with Crippen LogP contribution in [0.3, 0.4) is 0 Å². The molecule has 0 aromatic heterocycles. The summed E-state index contributed by atoms with van der Waals surface area (Å²) in [6, 6.07) is 11.8. The van der Waals surface area contributed by atoms with Crippen LogP contribution in [-0.2, 0) is 12.8 Å². The van der Waals surface area contributed by atoms with Gasteiger partial charge in [0.15, 0.2) is 0 Å². The van der Waals surface area contributed by atoms with Crippen LogP contribution in [0, 0.1) is 0 Å². The fourth-order valence-electron chi connectivity index (χ4n) is 2.07. The van der Waals surface area contributed by atoms with Crippen molar-refractivity contribution >= 4 is 27.9 Å². The number of hydrogen-bond donors (Lipinski definition) is 2. The van der Waals surface area contributed by atoms with E-state index in [1.165, 1.54) is 18.2 Å². The number of carbonyl (C=O) groups is 2. The highest BCUT2D eigenvalue weighted by molar-refractivity contribution is 9.10. The second-order valence-corrected chi connectivity index (χ2v) is 5.52. The highest BCUT2D eigenvalue weighted by atomic mass is 79.9. The van der Waals surface area contributed by atoms with Gasteiger partial charge in [0.25, 0.3) is 0 Å². The van der Waals surface area contributed by atoms with Gasteiger partial charge in [-0.25, -0.2) is 9.59 Å². The largest absolute Gasteiger partial charge is 0.478 e. The third-order valence-electron chi connectivity index (χ3n) is 3.18. The average molecular weight is 349 g/mol. The van der Waals surface area contributed by atoms with Crippen molar-refractivity contribution in [1.82, 2.24) is 0 Å². The summed E-state index contributed by atoms with van der Waals surface area (Å²) in [7, 11) is 0. The van der Waals surface area contributed by atoms with E-state index in [0.29, 0.717) is 18.4 Å². The molecule has 0 spiro atoms. The molecule has 0 aliphatic rings. The van der Waals surface area contributed by atoms with Crippen LogP contribution in [0.5, 0.6) is 0 Å². The number of carboxylic acid groups (broad SMARTS) is 2. The van der Waals surface area contributed by atoms with E-state index in [9.17, 15) is 14.7 Å². The first kappa shape index (κ1) is 15.3. The summed E-state index contributed by atoms with van der Waals surface area (Å²) < 4.78 is 0.977. The van der Waals surface area contributed by atoms with Crippen LogP contribution in [-0.4, -0.2) is 22.2 Å². The lowest BCUT2D eigenvalue weighted by atomic mass is 9.97. The van der Waals surface area contributed by atoms with Gasteiger partial charge in [-0.2, -0.15) is 0 Å². The van der Waals surface area contributed by atoms with Gasteiger partial charge in [-0.15, -0.1) is 0 Å². The molecule has 0 bridgehead atoms. The Morgan fingerprint density at radius 1 is 0.905 bits per heavy atom. The van der Waals surface area contributed by atoms with Gasteiger partial charge in [0.05, 0.1) is 11.1 Å². The summed E-state index contributed by atoms with van der Waals surface area (Å²) in [4.78, 5) is 22.2. The quantitative estimate of drug-likeness (QED) is 0.864. The Hall–Kier alpha value is -2.14. The van der Waals surface area contributed by atoms with Gasteiger partial charge in [-0.1, -0.05) is 28.1 Å². The lowest BCUT2D eigenvalue weighted by molar-refractivity contribution is 0.0680. The van der Waals surface area contributed by atoms with Crippen LogP contribution in [0.4, 0.5) is 0 Å². The van der Waals surface area contributed by atoms with Gasteiger partial charge in [-0.3, -0.25) is 0 Å². The summed E-state index contributed by atoms with van der Waals surface area (Å²) in [6.07, 6.45) is 1.13. The number of aromatic carboxylic acids is 2. The zero-order valence-electron chi connectivity index (χ0n) is 11.0. The highest BCUT2D eigenvalue weighted by Gasteiger charge is 2.13. The van der Waals surface area contributed by atoms with Crippen LogP contribution in [0.2, 0.25) is 0 Å². The molecule has 0 fully saturated rings. The van der Waals surface area contributed by atoms with E-state index in [-0.39, 0.29) is 11.1 Å². The summed E-state index contributed by atoms with van der Waals surface area (Å²) in [5.41, 5.74) is 1.85. The molecule has 2 N–H and O–H groups in total. The first-order valence-corrected chi connectivity index (χ1v) is 7.10. The Kier molecular flexibility index (Phi) is 4.75. The predicted molar refractivity (Wildman–Crippen MR) is 81.9 cm³/mol. The number of hydrogen-bond acceptors (Lipinski definition) is 2. The fraction of sp³-hybridized carbons (Fsp3) is 0.125. The van der Waals surface area contributed by atoms with E-state index in [1.807, 2.05) is 24.3 Å². The van der Waals surface area contributed by atoms with Crippen molar-refractivity contribution in [2.45, 2.75) is 12.8 Å². The highest BCUT2D eigenvalue weighted by Crippen LogP contribution is 2.17. The summed E-state index contributed by atoms with van der Waals surface area (Å²) in [5.74, 6) is -2.10. The van der Waals surface area contributed by atoms with Crippen molar-refractivity contribution in [2.24, 2.45) is 0 Å². The second-order valence-electron chi connectivity index (χ2n) is 4.61. The molecule has 5 heteroatoms. The van der Waals surface area contributed by atoms with Crippen LogP contribution < -0.4 is 0 Å². The van der Waals surface area contributed by atoms with Crippen LogP contribution in [0.25, 0.3) is 0 Å². The Labute approximate surface area is 130 Å². The zero-order chi connectivity index (χ0) is 15.4. The molecule has 2 aromatic rings. The van der Waals surface area contributed by atoms with Crippen molar-refractivity contribution in [1.29, 1.82) is 0 Å². The van der Waals surface area contributed by atoms with E-state index in [0.717, 1.165) is 10.0 Å². The Morgan fingerprint density at radius 2 is 1.57 bits per heavy atom. The van der Waals surface area contributed by atoms with Crippen LogP contribution in [0.15, 0.2) is 46.9 Å². The molecule has 0 aliphatic heterocycles. The molecule has 21 heavy (non-hydrogen) atoms. The normalized spacial score (nSPS) is 10.3. The van der Waals surface area contributed by atoms with Crippen molar-refractivity contribution in [3.05, 3.63) is 69.2 Å². The van der Waals surface area contributed by atoms with Crippen LogP contribution >= 0.6 is 15.9 Å². The minimum Gasteiger partial charge on any atom is -0.478 e. The molecule has 2 rings (SSSR count). The topological polar surface area (TPSA) is 74.6 Å². The molecule has 0 radical (unpaired) electrons. The molecule has 0 atom stereocenters. The smallest absolute Gasteiger partial charge is 0.335 e. The standard InChI is InChI=1S/C16H13BrO4/c17-13-6-2-10(3-7-13)1-4-11-9-12(15(18)19)5-8-14(11)16(20)21/h2-3,5-9H,1,4H2,(H,18,19)(H,20,21). The molecule has 0 aliphatic carbocycles.